The molecule has 0 spiro atoms. The molecule has 1 aromatic rings. The van der Waals surface area contributed by atoms with Crippen LogP contribution in [0.15, 0.2) is 23.3 Å². The van der Waals surface area contributed by atoms with Gasteiger partial charge in [0.2, 0.25) is 0 Å². The summed E-state index contributed by atoms with van der Waals surface area (Å²) in [7, 11) is 0. The first-order valence-corrected chi connectivity index (χ1v) is 7.17. The fraction of sp³-hybridized carbons (Fsp3) is 0.667. The maximum Gasteiger partial charge on any atom is 0.0684 e. The van der Waals surface area contributed by atoms with Crippen LogP contribution in [-0.2, 0) is 6.54 Å². The van der Waals surface area contributed by atoms with Crippen LogP contribution < -0.4 is 0 Å². The highest BCUT2D eigenvalue weighted by molar-refractivity contribution is 5.15. The molecule has 0 N–H and O–H groups in total. The largest absolute Gasteiger partial charge is 0.257 e. The summed E-state index contributed by atoms with van der Waals surface area (Å²) in [6, 6.07) is 6.04. The third-order valence-corrected chi connectivity index (χ3v) is 4.36. The van der Waals surface area contributed by atoms with Crippen molar-refractivity contribution in [2.45, 2.75) is 52.0 Å². The zero-order chi connectivity index (χ0) is 13.7. The van der Waals surface area contributed by atoms with Crippen LogP contribution in [0.25, 0.3) is 10.4 Å². The lowest BCUT2D eigenvalue weighted by Crippen LogP contribution is -2.18. The van der Waals surface area contributed by atoms with E-state index in [0.29, 0.717) is 12.5 Å². The Balaban J connectivity index is 2.05. The molecule has 102 valence electrons. The van der Waals surface area contributed by atoms with E-state index in [0.717, 1.165) is 23.2 Å². The third-order valence-electron chi connectivity index (χ3n) is 4.36. The van der Waals surface area contributed by atoms with Gasteiger partial charge in [0.25, 0.3) is 0 Å². The van der Waals surface area contributed by atoms with Gasteiger partial charge >= 0.3 is 0 Å². The second kappa shape index (κ2) is 6.58. The Morgan fingerprint density at radius 2 is 2.11 bits per heavy atom. The van der Waals surface area contributed by atoms with Gasteiger partial charge in [-0.3, -0.25) is 4.98 Å². The molecule has 0 aliphatic heterocycles. The van der Waals surface area contributed by atoms with Gasteiger partial charge in [-0.1, -0.05) is 37.9 Å². The van der Waals surface area contributed by atoms with Crippen LogP contribution in [0.1, 0.15) is 56.8 Å². The summed E-state index contributed by atoms with van der Waals surface area (Å²) in [4.78, 5) is 7.43. The van der Waals surface area contributed by atoms with E-state index in [-0.39, 0.29) is 0 Å². The minimum absolute atomic E-state index is 0.346. The van der Waals surface area contributed by atoms with Crippen LogP contribution in [0, 0.1) is 11.8 Å². The number of nitrogens with zero attached hydrogens (tertiary/aromatic N) is 4. The van der Waals surface area contributed by atoms with Crippen molar-refractivity contribution in [2.75, 3.05) is 0 Å². The van der Waals surface area contributed by atoms with Crippen LogP contribution in [-0.4, -0.2) is 4.98 Å². The Bertz CT molecular complexity index is 457. The number of rotatable bonds is 4. The van der Waals surface area contributed by atoms with E-state index in [9.17, 15) is 0 Å². The zero-order valence-electron chi connectivity index (χ0n) is 11.8. The van der Waals surface area contributed by atoms with Crippen molar-refractivity contribution in [2.24, 2.45) is 17.0 Å². The van der Waals surface area contributed by atoms with E-state index in [4.69, 9.17) is 5.53 Å². The second-order valence-electron chi connectivity index (χ2n) is 5.75. The smallest absolute Gasteiger partial charge is 0.0684 e. The van der Waals surface area contributed by atoms with Gasteiger partial charge in [-0.25, -0.2) is 0 Å². The van der Waals surface area contributed by atoms with Gasteiger partial charge in [0, 0.05) is 22.2 Å². The van der Waals surface area contributed by atoms with Crippen molar-refractivity contribution in [3.8, 4) is 0 Å². The number of pyridine rings is 1. The highest BCUT2D eigenvalue weighted by Gasteiger charge is 2.24. The number of hydrogen-bond acceptors (Lipinski definition) is 2. The molecule has 1 saturated carbocycles. The van der Waals surface area contributed by atoms with Gasteiger partial charge in [0.15, 0.2) is 0 Å². The molecule has 0 amide bonds. The first kappa shape index (κ1) is 13.9. The summed E-state index contributed by atoms with van der Waals surface area (Å²) >= 11 is 0. The molecule has 1 heterocycles. The summed E-state index contributed by atoms with van der Waals surface area (Å²) in [6.45, 7) is 4.97. The molecule has 1 aliphatic carbocycles. The van der Waals surface area contributed by atoms with Gasteiger partial charge in [0.05, 0.1) is 6.54 Å². The zero-order valence-corrected chi connectivity index (χ0v) is 11.8. The molecule has 1 aliphatic rings. The Morgan fingerprint density at radius 1 is 1.37 bits per heavy atom. The molecule has 4 nitrogen and oxygen atoms in total. The van der Waals surface area contributed by atoms with E-state index in [1.807, 2.05) is 12.1 Å². The molecular weight excluding hydrogens is 236 g/mol. The van der Waals surface area contributed by atoms with E-state index in [2.05, 4.69) is 34.9 Å². The molecule has 1 fully saturated rings. The van der Waals surface area contributed by atoms with Crippen molar-refractivity contribution >= 4 is 0 Å². The molecule has 2 rings (SSSR count). The van der Waals surface area contributed by atoms with Crippen LogP contribution in [0.3, 0.4) is 0 Å². The van der Waals surface area contributed by atoms with Crippen molar-refractivity contribution in [1.82, 2.24) is 4.98 Å². The van der Waals surface area contributed by atoms with Crippen molar-refractivity contribution in [3.63, 3.8) is 0 Å². The molecule has 0 saturated heterocycles. The molecule has 4 heteroatoms. The fourth-order valence-electron chi connectivity index (χ4n) is 2.97. The second-order valence-corrected chi connectivity index (χ2v) is 5.75. The first-order chi connectivity index (χ1) is 9.20. The summed E-state index contributed by atoms with van der Waals surface area (Å²) in [6.07, 6.45) is 5.30. The van der Waals surface area contributed by atoms with E-state index < -0.39 is 0 Å². The highest BCUT2D eigenvalue weighted by atomic mass is 15.1. The maximum atomic E-state index is 8.37. The quantitative estimate of drug-likeness (QED) is 0.433. The summed E-state index contributed by atoms with van der Waals surface area (Å²) in [5, 5.41) is 3.58. The molecule has 0 radical (unpaired) electrons. The molecule has 0 unspecified atom stereocenters. The Labute approximate surface area is 114 Å². The molecule has 19 heavy (non-hydrogen) atoms. The Kier molecular flexibility index (Phi) is 4.80. The van der Waals surface area contributed by atoms with E-state index in [1.54, 1.807) is 0 Å². The van der Waals surface area contributed by atoms with E-state index in [1.165, 1.54) is 25.7 Å². The first-order valence-electron chi connectivity index (χ1n) is 7.17. The normalized spacial score (nSPS) is 24.5. The summed E-state index contributed by atoms with van der Waals surface area (Å²) in [5.74, 6) is 2.13. The fourth-order valence-corrected chi connectivity index (χ4v) is 2.97. The van der Waals surface area contributed by atoms with Crippen LogP contribution in [0.5, 0.6) is 0 Å². The number of aromatic nitrogens is 1. The molecule has 0 aromatic carbocycles. The van der Waals surface area contributed by atoms with Gasteiger partial charge in [-0.15, -0.1) is 0 Å². The van der Waals surface area contributed by atoms with E-state index >= 15 is 0 Å². The van der Waals surface area contributed by atoms with Crippen LogP contribution in [0.2, 0.25) is 0 Å². The average Bonchev–Trinajstić information content (AvgIpc) is 2.45. The molecular formula is C15H22N4. The third kappa shape index (κ3) is 3.71. The lowest BCUT2D eigenvalue weighted by molar-refractivity contribution is 0.259. The van der Waals surface area contributed by atoms with Gasteiger partial charge in [0.1, 0.15) is 0 Å². The standard InChI is InChI=1S/C15H22N4/c1-11-6-8-13(9-7-11)12(2)15-5-3-4-14(18-15)10-17-19-16/h3-5,11-13H,6-10H2,1-2H3/t11-,12-,13-/m0/s1. The Morgan fingerprint density at radius 3 is 2.79 bits per heavy atom. The average molecular weight is 258 g/mol. The lowest BCUT2D eigenvalue weighted by atomic mass is 9.76. The van der Waals surface area contributed by atoms with Crippen LogP contribution >= 0.6 is 0 Å². The summed E-state index contributed by atoms with van der Waals surface area (Å²) in [5.41, 5.74) is 10.4. The SMILES string of the molecule is C[C@H](c1cccc(CN=[N+]=[N-])n1)[C@H]1CC[C@H](C)CC1. The van der Waals surface area contributed by atoms with Gasteiger partial charge < -0.3 is 0 Å². The number of azide groups is 1. The molecule has 1 atom stereocenters. The topological polar surface area (TPSA) is 61.7 Å². The minimum atomic E-state index is 0.346. The lowest BCUT2D eigenvalue weighted by Gasteiger charge is -2.30. The highest BCUT2D eigenvalue weighted by Crippen LogP contribution is 2.37. The summed E-state index contributed by atoms with van der Waals surface area (Å²) < 4.78 is 0. The maximum absolute atomic E-state index is 8.37. The number of hydrogen-bond donors (Lipinski definition) is 0. The minimum Gasteiger partial charge on any atom is -0.257 e. The van der Waals surface area contributed by atoms with Crippen molar-refractivity contribution < 1.29 is 0 Å². The van der Waals surface area contributed by atoms with Gasteiger partial charge in [-0.05, 0) is 42.3 Å². The molecule has 0 bridgehead atoms. The van der Waals surface area contributed by atoms with Crippen molar-refractivity contribution in [1.29, 1.82) is 0 Å². The monoisotopic (exact) mass is 258 g/mol. The van der Waals surface area contributed by atoms with Crippen molar-refractivity contribution in [3.05, 3.63) is 40.0 Å². The molecule has 1 aromatic heterocycles. The van der Waals surface area contributed by atoms with Gasteiger partial charge in [-0.2, -0.15) is 0 Å². The predicted molar refractivity (Wildman–Crippen MR) is 76.6 cm³/mol. The van der Waals surface area contributed by atoms with Crippen LogP contribution in [0.4, 0.5) is 0 Å². The Hall–Kier alpha value is -1.54. The predicted octanol–water partition coefficient (Wildman–Crippen LogP) is 4.82.